The number of rotatable bonds is 8. The van der Waals surface area contributed by atoms with Crippen LogP contribution in [0.2, 0.25) is 5.02 Å². The number of aromatic nitrogens is 1. The van der Waals surface area contributed by atoms with Gasteiger partial charge in [0.15, 0.2) is 0 Å². The molecule has 0 aliphatic rings. The van der Waals surface area contributed by atoms with Crippen LogP contribution in [-0.2, 0) is 4.74 Å². The van der Waals surface area contributed by atoms with Gasteiger partial charge < -0.3 is 20.1 Å². The molecule has 0 unspecified atom stereocenters. The zero-order chi connectivity index (χ0) is 17.4. The van der Waals surface area contributed by atoms with Crippen LogP contribution in [0.4, 0.5) is 11.4 Å². The largest absolute Gasteiger partial charge is 0.495 e. The molecular weight excluding hydrogens is 330 g/mol. The fourth-order valence-electron chi connectivity index (χ4n) is 2.06. The quantitative estimate of drug-likeness (QED) is 0.714. The molecule has 0 aliphatic heterocycles. The van der Waals surface area contributed by atoms with Crippen molar-refractivity contribution in [1.29, 1.82) is 0 Å². The Balaban J connectivity index is 2.00. The van der Waals surface area contributed by atoms with Crippen molar-refractivity contribution in [2.24, 2.45) is 0 Å². The second-order valence-corrected chi connectivity index (χ2v) is 5.45. The molecule has 1 aromatic carbocycles. The molecule has 1 amide bonds. The zero-order valence-electron chi connectivity index (χ0n) is 13.6. The van der Waals surface area contributed by atoms with E-state index >= 15 is 0 Å². The normalized spacial score (nSPS) is 10.3. The van der Waals surface area contributed by atoms with Crippen LogP contribution in [0.15, 0.2) is 36.7 Å². The number of anilines is 2. The predicted molar refractivity (Wildman–Crippen MR) is 95.2 cm³/mol. The van der Waals surface area contributed by atoms with Crippen molar-refractivity contribution >= 4 is 28.9 Å². The molecule has 7 heteroatoms. The van der Waals surface area contributed by atoms with Crippen LogP contribution in [0.3, 0.4) is 0 Å². The van der Waals surface area contributed by atoms with Crippen molar-refractivity contribution in [2.75, 3.05) is 38.0 Å². The fraction of sp³-hybridized carbons (Fsp3) is 0.294. The van der Waals surface area contributed by atoms with Gasteiger partial charge in [0.2, 0.25) is 0 Å². The third kappa shape index (κ3) is 5.11. The van der Waals surface area contributed by atoms with Crippen molar-refractivity contribution in [3.05, 3.63) is 47.2 Å². The highest BCUT2D eigenvalue weighted by molar-refractivity contribution is 6.32. The minimum atomic E-state index is -0.260. The van der Waals surface area contributed by atoms with Crippen LogP contribution in [0.1, 0.15) is 16.8 Å². The second kappa shape index (κ2) is 9.10. The average Bonchev–Trinajstić information content (AvgIpc) is 2.59. The molecule has 0 fully saturated rings. The maximum Gasteiger partial charge on any atom is 0.257 e. The van der Waals surface area contributed by atoms with Crippen LogP contribution < -0.4 is 15.4 Å². The van der Waals surface area contributed by atoms with E-state index in [2.05, 4.69) is 15.6 Å². The third-order valence-corrected chi connectivity index (χ3v) is 3.56. The van der Waals surface area contributed by atoms with Gasteiger partial charge in [-0.05, 0) is 30.7 Å². The number of ether oxygens (including phenoxy) is 2. The van der Waals surface area contributed by atoms with Crippen molar-refractivity contribution in [1.82, 2.24) is 4.98 Å². The summed E-state index contributed by atoms with van der Waals surface area (Å²) in [6.45, 7) is 1.42. The van der Waals surface area contributed by atoms with E-state index in [9.17, 15) is 4.79 Å². The van der Waals surface area contributed by atoms with Crippen LogP contribution >= 0.6 is 11.6 Å². The lowest BCUT2D eigenvalue weighted by Gasteiger charge is -2.10. The Labute approximate surface area is 146 Å². The fourth-order valence-corrected chi connectivity index (χ4v) is 2.32. The van der Waals surface area contributed by atoms with Gasteiger partial charge in [-0.15, -0.1) is 0 Å². The lowest BCUT2D eigenvalue weighted by molar-refractivity contribution is 0.102. The summed E-state index contributed by atoms with van der Waals surface area (Å²) >= 11 is 6.06. The molecule has 0 saturated carbocycles. The first-order valence-corrected chi connectivity index (χ1v) is 7.84. The van der Waals surface area contributed by atoms with E-state index < -0.39 is 0 Å². The molecule has 0 aliphatic carbocycles. The summed E-state index contributed by atoms with van der Waals surface area (Å²) in [5.41, 5.74) is 1.83. The van der Waals surface area contributed by atoms with Crippen molar-refractivity contribution in [3.8, 4) is 5.75 Å². The lowest BCUT2D eigenvalue weighted by Crippen LogP contribution is -2.13. The number of nitrogens with one attached hydrogen (secondary N) is 2. The van der Waals surface area contributed by atoms with Crippen molar-refractivity contribution in [2.45, 2.75) is 6.42 Å². The molecule has 24 heavy (non-hydrogen) atoms. The highest BCUT2D eigenvalue weighted by atomic mass is 35.5. The summed E-state index contributed by atoms with van der Waals surface area (Å²) < 4.78 is 10.1. The maximum absolute atomic E-state index is 12.3. The minimum absolute atomic E-state index is 0.260. The first-order valence-electron chi connectivity index (χ1n) is 7.47. The Morgan fingerprint density at radius 3 is 2.75 bits per heavy atom. The Bertz CT molecular complexity index is 695. The standard InChI is InChI=1S/C17H20ClN3O3/c1-23-7-3-6-20-14-8-12(10-19-11-14)17(22)21-13-4-5-16(24-2)15(18)9-13/h4-5,8-11,20H,3,6-7H2,1-2H3,(H,21,22). The van der Waals surface area contributed by atoms with E-state index in [0.29, 0.717) is 28.6 Å². The van der Waals surface area contributed by atoms with Gasteiger partial charge in [-0.1, -0.05) is 11.6 Å². The van der Waals surface area contributed by atoms with Crippen molar-refractivity contribution in [3.63, 3.8) is 0 Å². The summed E-state index contributed by atoms with van der Waals surface area (Å²) in [5, 5.41) is 6.42. The molecular formula is C17H20ClN3O3. The van der Waals surface area contributed by atoms with Gasteiger partial charge in [0.25, 0.3) is 5.91 Å². The van der Waals surface area contributed by atoms with Gasteiger partial charge in [0.05, 0.1) is 23.4 Å². The number of nitrogens with zero attached hydrogens (tertiary/aromatic N) is 1. The molecule has 0 bridgehead atoms. The Morgan fingerprint density at radius 1 is 1.21 bits per heavy atom. The average molecular weight is 350 g/mol. The molecule has 1 heterocycles. The molecule has 0 spiro atoms. The highest BCUT2D eigenvalue weighted by Gasteiger charge is 2.09. The number of hydrogen-bond donors (Lipinski definition) is 2. The van der Waals surface area contributed by atoms with E-state index in [1.165, 1.54) is 13.3 Å². The third-order valence-electron chi connectivity index (χ3n) is 3.26. The van der Waals surface area contributed by atoms with Crippen LogP contribution in [0.5, 0.6) is 5.75 Å². The van der Waals surface area contributed by atoms with E-state index in [4.69, 9.17) is 21.1 Å². The molecule has 6 nitrogen and oxygen atoms in total. The Morgan fingerprint density at radius 2 is 2.04 bits per heavy atom. The predicted octanol–water partition coefficient (Wildman–Crippen LogP) is 3.44. The molecule has 1 aromatic heterocycles. The molecule has 2 N–H and O–H groups in total. The highest BCUT2D eigenvalue weighted by Crippen LogP contribution is 2.27. The van der Waals surface area contributed by atoms with Gasteiger partial charge in [0.1, 0.15) is 5.75 Å². The topological polar surface area (TPSA) is 72.5 Å². The van der Waals surface area contributed by atoms with E-state index in [1.54, 1.807) is 37.6 Å². The zero-order valence-corrected chi connectivity index (χ0v) is 14.4. The van der Waals surface area contributed by atoms with E-state index in [1.807, 2.05) is 0 Å². The number of carbonyl (C=O) groups excluding carboxylic acids is 1. The van der Waals surface area contributed by atoms with Gasteiger partial charge in [0, 0.05) is 38.3 Å². The maximum atomic E-state index is 12.3. The number of carbonyl (C=O) groups is 1. The summed E-state index contributed by atoms with van der Waals surface area (Å²) in [7, 11) is 3.20. The van der Waals surface area contributed by atoms with Crippen LogP contribution in [-0.4, -0.2) is 38.3 Å². The number of amides is 1. The number of hydrogen-bond acceptors (Lipinski definition) is 5. The summed E-state index contributed by atoms with van der Waals surface area (Å²) in [4.78, 5) is 16.4. The molecule has 0 saturated heterocycles. The number of pyridine rings is 1. The van der Waals surface area contributed by atoms with Gasteiger partial charge in [-0.3, -0.25) is 9.78 Å². The Kier molecular flexibility index (Phi) is 6.84. The second-order valence-electron chi connectivity index (χ2n) is 5.04. The van der Waals surface area contributed by atoms with Gasteiger partial charge in [-0.25, -0.2) is 0 Å². The lowest BCUT2D eigenvalue weighted by atomic mass is 10.2. The van der Waals surface area contributed by atoms with E-state index in [-0.39, 0.29) is 5.91 Å². The number of benzene rings is 1. The van der Waals surface area contributed by atoms with Crippen molar-refractivity contribution < 1.29 is 14.3 Å². The number of halogens is 1. The van der Waals surface area contributed by atoms with Gasteiger partial charge >= 0.3 is 0 Å². The van der Waals surface area contributed by atoms with Crippen LogP contribution in [0, 0.1) is 0 Å². The Hall–Kier alpha value is -2.31. The molecule has 2 aromatic rings. The molecule has 0 radical (unpaired) electrons. The first kappa shape index (κ1) is 18.0. The number of methoxy groups -OCH3 is 2. The molecule has 0 atom stereocenters. The van der Waals surface area contributed by atoms with E-state index in [0.717, 1.165) is 18.7 Å². The van der Waals surface area contributed by atoms with Gasteiger partial charge in [-0.2, -0.15) is 0 Å². The molecule has 128 valence electrons. The SMILES string of the molecule is COCCCNc1cncc(C(=O)Nc2ccc(OC)c(Cl)c2)c1. The summed E-state index contributed by atoms with van der Waals surface area (Å²) in [6, 6.07) is 6.81. The monoisotopic (exact) mass is 349 g/mol. The summed E-state index contributed by atoms with van der Waals surface area (Å²) in [5.74, 6) is 0.294. The first-order chi connectivity index (χ1) is 11.6. The summed E-state index contributed by atoms with van der Waals surface area (Å²) in [6.07, 6.45) is 4.06. The minimum Gasteiger partial charge on any atom is -0.495 e. The smallest absolute Gasteiger partial charge is 0.257 e. The van der Waals surface area contributed by atoms with Crippen LogP contribution in [0.25, 0.3) is 0 Å². The molecule has 2 rings (SSSR count).